The summed E-state index contributed by atoms with van der Waals surface area (Å²) in [6.45, 7) is 11.9. The Morgan fingerprint density at radius 2 is 1.29 bits per heavy atom. The maximum absolute atomic E-state index is 10.9. The van der Waals surface area contributed by atoms with Gasteiger partial charge < -0.3 is 20.4 Å². The topological polar surface area (TPSA) is 80.9 Å². The molecule has 0 saturated heterocycles. The predicted molar refractivity (Wildman–Crippen MR) is 135 cm³/mol. The molecule has 4 heteroatoms. The maximum atomic E-state index is 10.9. The highest BCUT2D eigenvalue weighted by Crippen LogP contribution is 2.70. The minimum absolute atomic E-state index is 0.0620. The maximum Gasteiger partial charge on any atom is 0.0618 e. The Bertz CT molecular complexity index is 840. The van der Waals surface area contributed by atoms with E-state index in [1.54, 1.807) is 5.57 Å². The lowest BCUT2D eigenvalue weighted by Gasteiger charge is -2.64. The smallest absolute Gasteiger partial charge is 0.0618 e. The van der Waals surface area contributed by atoms with E-state index in [-0.39, 0.29) is 29.5 Å². The van der Waals surface area contributed by atoms with E-state index >= 15 is 0 Å². The molecule has 194 valence electrons. The van der Waals surface area contributed by atoms with E-state index in [4.69, 9.17) is 0 Å². The summed E-state index contributed by atoms with van der Waals surface area (Å²) < 4.78 is 0. The average Bonchev–Trinajstić information content (AvgIpc) is 2.96. The first kappa shape index (κ1) is 25.2. The van der Waals surface area contributed by atoms with Gasteiger partial charge in [0, 0.05) is 10.8 Å². The van der Waals surface area contributed by atoms with E-state index in [1.807, 2.05) is 0 Å². The predicted octanol–water partition coefficient (Wildman–Crippen LogP) is 5.08. The zero-order valence-corrected chi connectivity index (χ0v) is 22.3. The van der Waals surface area contributed by atoms with Gasteiger partial charge in [0.15, 0.2) is 0 Å². The minimum atomic E-state index is -0.419. The van der Waals surface area contributed by atoms with Crippen LogP contribution in [0.5, 0.6) is 0 Å². The molecule has 4 N–H and O–H groups in total. The fourth-order valence-corrected chi connectivity index (χ4v) is 11.0. The van der Waals surface area contributed by atoms with Crippen LogP contribution in [0.1, 0.15) is 98.8 Å². The lowest BCUT2D eigenvalue weighted by atomic mass is 9.42. The SMILES string of the molecule is C[C@@]12CC[C@@H]3[C@](C)(CC[C@H](O)[C@]3(C)CO)[C@@H]1CC[C@H]1C(=CC[C@@H]3[C@]1(C)CC[C@H](O)[C@]3(C)CO)C2. The third-order valence-electron chi connectivity index (χ3n) is 13.2. The Hall–Kier alpha value is -0.420. The highest BCUT2D eigenvalue weighted by Gasteiger charge is 2.64. The van der Waals surface area contributed by atoms with Crippen molar-refractivity contribution in [3.05, 3.63) is 11.6 Å². The summed E-state index contributed by atoms with van der Waals surface area (Å²) in [6, 6.07) is 0. The molecule has 4 fully saturated rings. The first-order valence-electron chi connectivity index (χ1n) is 14.2. The molecule has 5 aliphatic rings. The highest BCUT2D eigenvalue weighted by molar-refractivity contribution is 5.25. The Kier molecular flexibility index (Phi) is 5.97. The molecule has 0 aromatic heterocycles. The second kappa shape index (κ2) is 8.04. The van der Waals surface area contributed by atoms with Crippen LogP contribution >= 0.6 is 0 Å². The van der Waals surface area contributed by atoms with E-state index in [0.29, 0.717) is 23.7 Å². The molecule has 11 atom stereocenters. The van der Waals surface area contributed by atoms with Gasteiger partial charge in [0.1, 0.15) is 0 Å². The number of fused-ring (bicyclic) bond motifs is 6. The Morgan fingerprint density at radius 1 is 0.706 bits per heavy atom. The van der Waals surface area contributed by atoms with Gasteiger partial charge >= 0.3 is 0 Å². The molecular formula is C30H50O4. The molecule has 5 aliphatic carbocycles. The second-order valence-electron chi connectivity index (χ2n) is 14.6. The first-order valence-corrected chi connectivity index (χ1v) is 14.2. The molecule has 0 aromatic carbocycles. The van der Waals surface area contributed by atoms with Crippen LogP contribution in [0.15, 0.2) is 11.6 Å². The number of aliphatic hydroxyl groups is 4. The molecule has 0 aromatic rings. The summed E-state index contributed by atoms with van der Waals surface area (Å²) in [4.78, 5) is 0. The molecule has 0 bridgehead atoms. The fourth-order valence-electron chi connectivity index (χ4n) is 11.0. The van der Waals surface area contributed by atoms with Crippen molar-refractivity contribution in [3.8, 4) is 0 Å². The van der Waals surface area contributed by atoms with E-state index in [0.717, 1.165) is 38.5 Å². The third kappa shape index (κ3) is 3.17. The van der Waals surface area contributed by atoms with Crippen LogP contribution < -0.4 is 0 Å². The van der Waals surface area contributed by atoms with Crippen molar-refractivity contribution < 1.29 is 20.4 Å². The van der Waals surface area contributed by atoms with Crippen LogP contribution in [0.3, 0.4) is 0 Å². The zero-order valence-electron chi connectivity index (χ0n) is 22.3. The van der Waals surface area contributed by atoms with Crippen molar-refractivity contribution in [1.82, 2.24) is 0 Å². The fraction of sp³-hybridized carbons (Fsp3) is 0.933. The Morgan fingerprint density at radius 3 is 1.91 bits per heavy atom. The van der Waals surface area contributed by atoms with Gasteiger partial charge in [0.2, 0.25) is 0 Å². The molecule has 0 aliphatic heterocycles. The highest BCUT2D eigenvalue weighted by atomic mass is 16.3. The van der Waals surface area contributed by atoms with Crippen molar-refractivity contribution in [1.29, 1.82) is 0 Å². The number of hydrogen-bond acceptors (Lipinski definition) is 4. The molecule has 4 nitrogen and oxygen atoms in total. The first-order chi connectivity index (χ1) is 15.9. The summed E-state index contributed by atoms with van der Waals surface area (Å²) in [5.41, 5.74) is 1.39. The lowest BCUT2D eigenvalue weighted by molar-refractivity contribution is -0.189. The molecule has 0 unspecified atom stereocenters. The molecule has 0 radical (unpaired) electrons. The van der Waals surface area contributed by atoms with Crippen LogP contribution in [-0.2, 0) is 0 Å². The third-order valence-corrected chi connectivity index (χ3v) is 13.2. The van der Waals surface area contributed by atoms with Gasteiger partial charge in [-0.3, -0.25) is 0 Å². The molecule has 0 heterocycles. The number of aliphatic hydroxyl groups excluding tert-OH is 4. The summed E-state index contributed by atoms with van der Waals surface area (Å²) >= 11 is 0. The van der Waals surface area contributed by atoms with Crippen LogP contribution in [0.4, 0.5) is 0 Å². The quantitative estimate of drug-likeness (QED) is 0.421. The zero-order chi connectivity index (χ0) is 24.7. The average molecular weight is 475 g/mol. The van der Waals surface area contributed by atoms with Crippen molar-refractivity contribution in [2.45, 2.75) is 111 Å². The monoisotopic (exact) mass is 474 g/mol. The molecule has 0 spiro atoms. The largest absolute Gasteiger partial charge is 0.396 e. The van der Waals surface area contributed by atoms with Crippen molar-refractivity contribution >= 4 is 0 Å². The van der Waals surface area contributed by atoms with Crippen LogP contribution in [0.2, 0.25) is 0 Å². The van der Waals surface area contributed by atoms with E-state index in [2.05, 4.69) is 40.7 Å². The second-order valence-corrected chi connectivity index (χ2v) is 14.6. The molecule has 0 amide bonds. The van der Waals surface area contributed by atoms with E-state index < -0.39 is 23.0 Å². The van der Waals surface area contributed by atoms with Gasteiger partial charge in [-0.25, -0.2) is 0 Å². The minimum Gasteiger partial charge on any atom is -0.396 e. The summed E-state index contributed by atoms with van der Waals surface area (Å²) in [7, 11) is 0. The number of rotatable bonds is 2. The Labute approximate surface area is 207 Å². The van der Waals surface area contributed by atoms with Gasteiger partial charge in [0.05, 0.1) is 25.4 Å². The van der Waals surface area contributed by atoms with Crippen LogP contribution in [0, 0.1) is 50.7 Å². The van der Waals surface area contributed by atoms with Gasteiger partial charge in [-0.05, 0) is 104 Å². The molecule has 34 heavy (non-hydrogen) atoms. The van der Waals surface area contributed by atoms with Gasteiger partial charge in [-0.2, -0.15) is 0 Å². The number of allylic oxidation sites excluding steroid dienone is 2. The van der Waals surface area contributed by atoms with Crippen LogP contribution in [-0.4, -0.2) is 45.8 Å². The molecule has 5 rings (SSSR count). The summed E-state index contributed by atoms with van der Waals surface area (Å²) in [5, 5.41) is 42.6. The van der Waals surface area contributed by atoms with Crippen LogP contribution in [0.25, 0.3) is 0 Å². The standard InChI is InChI=1S/C30H50O4/c1-26-13-10-23-28(3,15-12-25(34)30(23,5)18-32)21(26)9-7-20-19(16-26)6-8-22-27(20,2)14-11-24(33)29(22,4)17-31/h6,20-25,31-34H,7-18H2,1-5H3/t20-,21+,22+,23+,24-,25-,26-,27+,28+,29+,30+/m0/s1. The van der Waals surface area contributed by atoms with Gasteiger partial charge in [-0.15, -0.1) is 0 Å². The number of hydrogen-bond donors (Lipinski definition) is 4. The van der Waals surface area contributed by atoms with Gasteiger partial charge in [-0.1, -0.05) is 46.3 Å². The summed E-state index contributed by atoms with van der Waals surface area (Å²) in [5.74, 6) is 1.82. The van der Waals surface area contributed by atoms with Gasteiger partial charge in [0.25, 0.3) is 0 Å². The lowest BCUT2D eigenvalue weighted by Crippen LogP contribution is -2.60. The van der Waals surface area contributed by atoms with E-state index in [1.165, 1.54) is 25.7 Å². The summed E-state index contributed by atoms with van der Waals surface area (Å²) in [6.07, 6.45) is 12.2. The Balaban J connectivity index is 1.50. The van der Waals surface area contributed by atoms with Crippen molar-refractivity contribution in [2.75, 3.05) is 13.2 Å². The van der Waals surface area contributed by atoms with Crippen molar-refractivity contribution in [3.63, 3.8) is 0 Å². The van der Waals surface area contributed by atoms with Crippen molar-refractivity contribution in [2.24, 2.45) is 50.7 Å². The molecular weight excluding hydrogens is 424 g/mol. The normalized spacial score (nSPS) is 57.4. The van der Waals surface area contributed by atoms with E-state index in [9.17, 15) is 20.4 Å². The molecule has 4 saturated carbocycles.